The molecule has 0 aliphatic heterocycles. The van der Waals surface area contributed by atoms with Crippen LogP contribution in [0.3, 0.4) is 0 Å². The second kappa shape index (κ2) is 5.56. The molecule has 0 bridgehead atoms. The average molecular weight is 234 g/mol. The van der Waals surface area contributed by atoms with Gasteiger partial charge in [-0.2, -0.15) is 0 Å². The van der Waals surface area contributed by atoms with Gasteiger partial charge in [0, 0.05) is 16.6 Å². The summed E-state index contributed by atoms with van der Waals surface area (Å²) in [6, 6.07) is 5.37. The number of rotatable bonds is 4. The minimum atomic E-state index is -0.451. The van der Waals surface area contributed by atoms with Gasteiger partial charge in [-0.15, -0.1) is 0 Å². The zero-order valence-electron chi connectivity index (χ0n) is 7.71. The summed E-state index contributed by atoms with van der Waals surface area (Å²) in [7, 11) is 0. The van der Waals surface area contributed by atoms with E-state index in [1.807, 2.05) is 12.1 Å². The summed E-state index contributed by atoms with van der Waals surface area (Å²) >= 11 is 11.7. The van der Waals surface area contributed by atoms with E-state index in [1.165, 1.54) is 0 Å². The first-order valence-electron chi connectivity index (χ1n) is 4.45. The molecule has 0 saturated carbocycles. The van der Waals surface area contributed by atoms with Crippen molar-refractivity contribution in [1.29, 1.82) is 0 Å². The topological polar surface area (TPSA) is 46.2 Å². The minimum Gasteiger partial charge on any atom is -0.392 e. The fourth-order valence-electron chi connectivity index (χ4n) is 1.21. The Morgan fingerprint density at radius 3 is 2.29 bits per heavy atom. The van der Waals surface area contributed by atoms with Crippen LogP contribution in [0.4, 0.5) is 0 Å². The summed E-state index contributed by atoms with van der Waals surface area (Å²) in [6.07, 6.45) is 0.916. The van der Waals surface area contributed by atoms with Crippen LogP contribution in [-0.2, 0) is 6.42 Å². The molecule has 78 valence electrons. The number of aryl methyl sites for hydroxylation is 1. The average Bonchev–Trinajstić information content (AvgIpc) is 2.12. The lowest BCUT2D eigenvalue weighted by atomic mass is 10.1. The van der Waals surface area contributed by atoms with E-state index in [9.17, 15) is 5.11 Å². The summed E-state index contributed by atoms with van der Waals surface area (Å²) < 4.78 is 0. The van der Waals surface area contributed by atoms with Crippen molar-refractivity contribution in [3.63, 3.8) is 0 Å². The lowest BCUT2D eigenvalue weighted by molar-refractivity contribution is 0.173. The molecule has 1 atom stereocenters. The second-order valence-corrected chi connectivity index (χ2v) is 4.08. The summed E-state index contributed by atoms with van der Waals surface area (Å²) in [5.74, 6) is 0. The van der Waals surface area contributed by atoms with Gasteiger partial charge in [0.15, 0.2) is 0 Å². The maximum atomic E-state index is 9.27. The first-order valence-corrected chi connectivity index (χ1v) is 5.20. The fraction of sp³-hybridized carbons (Fsp3) is 0.400. The zero-order chi connectivity index (χ0) is 10.6. The van der Waals surface area contributed by atoms with Crippen LogP contribution in [-0.4, -0.2) is 17.8 Å². The van der Waals surface area contributed by atoms with Crippen LogP contribution in [0.25, 0.3) is 0 Å². The van der Waals surface area contributed by atoms with Crippen LogP contribution in [0.1, 0.15) is 12.0 Å². The normalized spacial score (nSPS) is 12.9. The summed E-state index contributed by atoms with van der Waals surface area (Å²) in [5, 5.41) is 10.5. The molecule has 2 nitrogen and oxygen atoms in total. The largest absolute Gasteiger partial charge is 0.392 e. The van der Waals surface area contributed by atoms with Crippen molar-refractivity contribution >= 4 is 23.2 Å². The lowest BCUT2D eigenvalue weighted by Gasteiger charge is -2.07. The van der Waals surface area contributed by atoms with Crippen molar-refractivity contribution in [1.82, 2.24) is 0 Å². The summed E-state index contributed by atoms with van der Waals surface area (Å²) in [4.78, 5) is 0. The van der Waals surface area contributed by atoms with Crippen LogP contribution >= 0.6 is 23.2 Å². The number of hydrogen-bond donors (Lipinski definition) is 2. The molecule has 1 aromatic carbocycles. The van der Waals surface area contributed by atoms with Crippen molar-refractivity contribution < 1.29 is 5.11 Å². The quantitative estimate of drug-likeness (QED) is 0.839. The Bertz CT molecular complexity index is 284. The number of aliphatic hydroxyl groups is 1. The van der Waals surface area contributed by atoms with E-state index in [0.717, 1.165) is 12.0 Å². The lowest BCUT2D eigenvalue weighted by Crippen LogP contribution is -2.20. The van der Waals surface area contributed by atoms with E-state index < -0.39 is 6.10 Å². The van der Waals surface area contributed by atoms with Crippen LogP contribution in [0.2, 0.25) is 10.0 Å². The van der Waals surface area contributed by atoms with Gasteiger partial charge < -0.3 is 10.8 Å². The summed E-state index contributed by atoms with van der Waals surface area (Å²) in [5.41, 5.74) is 6.32. The van der Waals surface area contributed by atoms with Crippen LogP contribution in [0, 0.1) is 0 Å². The van der Waals surface area contributed by atoms with Gasteiger partial charge in [-0.1, -0.05) is 23.2 Å². The second-order valence-electron chi connectivity index (χ2n) is 3.21. The number of hydrogen-bond acceptors (Lipinski definition) is 2. The Morgan fingerprint density at radius 2 is 1.79 bits per heavy atom. The maximum Gasteiger partial charge on any atom is 0.0665 e. The molecule has 0 amide bonds. The highest BCUT2D eigenvalue weighted by atomic mass is 35.5. The third-order valence-corrected chi connectivity index (χ3v) is 2.40. The Kier molecular flexibility index (Phi) is 4.69. The number of aliphatic hydroxyl groups excluding tert-OH is 1. The predicted octanol–water partition coefficient (Wildman–Crippen LogP) is 2.25. The smallest absolute Gasteiger partial charge is 0.0665 e. The van der Waals surface area contributed by atoms with Gasteiger partial charge in [-0.05, 0) is 36.6 Å². The molecule has 0 saturated heterocycles. The Labute approximate surface area is 93.6 Å². The van der Waals surface area contributed by atoms with E-state index >= 15 is 0 Å². The summed E-state index contributed by atoms with van der Waals surface area (Å²) in [6.45, 7) is 0.286. The molecule has 1 aromatic rings. The fourth-order valence-corrected chi connectivity index (χ4v) is 1.78. The molecule has 0 aromatic heterocycles. The SMILES string of the molecule is NCC(O)CCc1cc(Cl)cc(Cl)c1. The van der Waals surface area contributed by atoms with E-state index in [1.54, 1.807) is 6.07 Å². The van der Waals surface area contributed by atoms with Gasteiger partial charge in [0.25, 0.3) is 0 Å². The highest BCUT2D eigenvalue weighted by Gasteiger charge is 2.03. The van der Waals surface area contributed by atoms with Crippen molar-refractivity contribution in [2.75, 3.05) is 6.54 Å². The third-order valence-electron chi connectivity index (χ3n) is 1.96. The Morgan fingerprint density at radius 1 is 1.21 bits per heavy atom. The molecule has 1 rings (SSSR count). The zero-order valence-corrected chi connectivity index (χ0v) is 9.22. The molecule has 0 heterocycles. The molecule has 14 heavy (non-hydrogen) atoms. The van der Waals surface area contributed by atoms with Crippen LogP contribution < -0.4 is 5.73 Å². The van der Waals surface area contributed by atoms with E-state index in [-0.39, 0.29) is 6.54 Å². The predicted molar refractivity (Wildman–Crippen MR) is 59.8 cm³/mol. The van der Waals surface area contributed by atoms with Gasteiger partial charge >= 0.3 is 0 Å². The Balaban J connectivity index is 2.58. The van der Waals surface area contributed by atoms with Gasteiger partial charge in [-0.25, -0.2) is 0 Å². The van der Waals surface area contributed by atoms with Crippen molar-refractivity contribution in [2.45, 2.75) is 18.9 Å². The van der Waals surface area contributed by atoms with Gasteiger partial charge in [0.05, 0.1) is 6.10 Å². The van der Waals surface area contributed by atoms with Gasteiger partial charge in [0.1, 0.15) is 0 Å². The first kappa shape index (κ1) is 11.8. The van der Waals surface area contributed by atoms with E-state index in [4.69, 9.17) is 28.9 Å². The van der Waals surface area contributed by atoms with Crippen molar-refractivity contribution in [3.05, 3.63) is 33.8 Å². The van der Waals surface area contributed by atoms with Crippen molar-refractivity contribution in [2.24, 2.45) is 5.73 Å². The number of benzene rings is 1. The molecule has 0 aliphatic carbocycles. The van der Waals surface area contributed by atoms with E-state index in [2.05, 4.69) is 0 Å². The van der Waals surface area contributed by atoms with Crippen molar-refractivity contribution in [3.8, 4) is 0 Å². The molecule has 0 radical (unpaired) electrons. The maximum absolute atomic E-state index is 9.27. The number of halogens is 2. The van der Waals surface area contributed by atoms with Gasteiger partial charge in [-0.3, -0.25) is 0 Å². The monoisotopic (exact) mass is 233 g/mol. The molecule has 0 aliphatic rings. The Hall–Kier alpha value is -0.280. The third kappa shape index (κ3) is 3.84. The highest BCUT2D eigenvalue weighted by Crippen LogP contribution is 2.20. The van der Waals surface area contributed by atoms with Crippen LogP contribution in [0.5, 0.6) is 0 Å². The molecular weight excluding hydrogens is 221 g/mol. The standard InChI is InChI=1S/C10H13Cl2NO/c11-8-3-7(4-9(12)5-8)1-2-10(14)6-13/h3-5,10,14H,1-2,6,13H2. The molecule has 0 spiro atoms. The minimum absolute atomic E-state index is 0.286. The van der Waals surface area contributed by atoms with Gasteiger partial charge in [0.2, 0.25) is 0 Å². The highest BCUT2D eigenvalue weighted by molar-refractivity contribution is 6.34. The molecule has 4 heteroatoms. The van der Waals surface area contributed by atoms with E-state index in [0.29, 0.717) is 16.5 Å². The molecule has 0 fully saturated rings. The van der Waals surface area contributed by atoms with Crippen LogP contribution in [0.15, 0.2) is 18.2 Å². The first-order chi connectivity index (χ1) is 6.61. The molecular formula is C10H13Cl2NO. The number of nitrogens with two attached hydrogens (primary N) is 1. The molecule has 3 N–H and O–H groups in total. The molecule has 1 unspecified atom stereocenters.